The third-order valence-corrected chi connectivity index (χ3v) is 5.04. The molecule has 1 aliphatic rings. The van der Waals surface area contributed by atoms with Crippen LogP contribution in [0.25, 0.3) is 11.4 Å². The molecule has 1 aliphatic carbocycles. The lowest BCUT2D eigenvalue weighted by Crippen LogP contribution is -1.97. The van der Waals surface area contributed by atoms with Gasteiger partial charge in [-0.05, 0) is 62.9 Å². The van der Waals surface area contributed by atoms with Crippen molar-refractivity contribution in [1.29, 1.82) is 0 Å². The van der Waals surface area contributed by atoms with Crippen molar-refractivity contribution in [2.45, 2.75) is 18.8 Å². The van der Waals surface area contributed by atoms with Gasteiger partial charge in [0.15, 0.2) is 0 Å². The van der Waals surface area contributed by atoms with E-state index in [9.17, 15) is 4.39 Å². The van der Waals surface area contributed by atoms with Gasteiger partial charge < -0.3 is 4.98 Å². The van der Waals surface area contributed by atoms with E-state index >= 15 is 0 Å². The largest absolute Gasteiger partial charge is 0.342 e. The first kappa shape index (κ1) is 13.4. The van der Waals surface area contributed by atoms with E-state index in [1.807, 2.05) is 0 Å². The number of aromatic amines is 1. The normalized spacial score (nSPS) is 14.7. The molecule has 6 heteroatoms. The van der Waals surface area contributed by atoms with Crippen molar-refractivity contribution in [3.63, 3.8) is 0 Å². The molecular weight excluding hydrogens is 395 g/mol. The summed E-state index contributed by atoms with van der Waals surface area (Å²) < 4.78 is 15.1. The summed E-state index contributed by atoms with van der Waals surface area (Å²) in [4.78, 5) is 7.66. The molecule has 19 heavy (non-hydrogen) atoms. The van der Waals surface area contributed by atoms with E-state index in [4.69, 9.17) is 12.2 Å². The lowest BCUT2D eigenvalue weighted by molar-refractivity contribution is 0.621. The molecule has 3 rings (SSSR count). The fraction of sp³-hybridized carbons (Fsp3) is 0.231. The molecule has 0 radical (unpaired) electrons. The number of hydrogen-bond donors (Lipinski definition) is 1. The number of nitrogens with zero attached hydrogens (tertiary/aromatic N) is 1. The van der Waals surface area contributed by atoms with E-state index in [0.29, 0.717) is 20.9 Å². The zero-order chi connectivity index (χ0) is 13.6. The highest BCUT2D eigenvalue weighted by Crippen LogP contribution is 2.42. The van der Waals surface area contributed by atoms with Crippen molar-refractivity contribution in [2.24, 2.45) is 0 Å². The molecule has 1 aromatic heterocycles. The fourth-order valence-electron chi connectivity index (χ4n) is 1.91. The number of aromatic nitrogens is 2. The van der Waals surface area contributed by atoms with Crippen LogP contribution in [0.15, 0.2) is 27.1 Å². The summed E-state index contributed by atoms with van der Waals surface area (Å²) in [7, 11) is 0. The van der Waals surface area contributed by atoms with E-state index in [-0.39, 0.29) is 5.82 Å². The number of nitrogens with one attached hydrogen (secondary N) is 1. The molecule has 1 aromatic carbocycles. The van der Waals surface area contributed by atoms with Gasteiger partial charge in [-0.1, -0.05) is 12.2 Å². The zero-order valence-electron chi connectivity index (χ0n) is 9.71. The van der Waals surface area contributed by atoms with Gasteiger partial charge >= 0.3 is 0 Å². The minimum absolute atomic E-state index is 0.290. The Balaban J connectivity index is 2.14. The van der Waals surface area contributed by atoms with E-state index in [1.54, 1.807) is 12.1 Å². The molecule has 1 N–H and O–H groups in total. The first-order valence-electron chi connectivity index (χ1n) is 5.81. The highest BCUT2D eigenvalue weighted by atomic mass is 79.9. The van der Waals surface area contributed by atoms with Gasteiger partial charge in [0, 0.05) is 17.2 Å². The quantitative estimate of drug-likeness (QED) is 0.684. The highest BCUT2D eigenvalue weighted by Gasteiger charge is 2.27. The molecule has 1 heterocycles. The van der Waals surface area contributed by atoms with Crippen LogP contribution in [-0.4, -0.2) is 9.97 Å². The smallest absolute Gasteiger partial charge is 0.144 e. The van der Waals surface area contributed by atoms with Crippen LogP contribution < -0.4 is 0 Å². The van der Waals surface area contributed by atoms with Gasteiger partial charge in [0.05, 0.1) is 8.95 Å². The molecular formula is C13H9Br2FN2S. The molecule has 0 unspecified atom stereocenters. The molecule has 2 aromatic rings. The van der Waals surface area contributed by atoms with Crippen molar-refractivity contribution in [3.05, 3.63) is 43.3 Å². The molecule has 0 bridgehead atoms. The van der Waals surface area contributed by atoms with Gasteiger partial charge in [-0.3, -0.25) is 0 Å². The molecule has 0 atom stereocenters. The average molecular weight is 404 g/mol. The lowest BCUT2D eigenvalue weighted by atomic mass is 10.2. The Kier molecular flexibility index (Phi) is 3.57. The number of halogens is 3. The molecule has 2 nitrogen and oxygen atoms in total. The SMILES string of the molecule is Fc1ccc(-c2nc(=S)c(Br)c(C3CC3)[nH]2)cc1Br. The molecule has 0 amide bonds. The van der Waals surface area contributed by atoms with Crippen molar-refractivity contribution >= 4 is 44.1 Å². The summed E-state index contributed by atoms with van der Waals surface area (Å²) in [5, 5.41) is 0. The molecule has 1 fully saturated rings. The van der Waals surface area contributed by atoms with E-state index in [0.717, 1.165) is 15.7 Å². The minimum Gasteiger partial charge on any atom is -0.342 e. The Hall–Kier alpha value is -0.590. The van der Waals surface area contributed by atoms with Crippen LogP contribution >= 0.6 is 44.1 Å². The van der Waals surface area contributed by atoms with E-state index < -0.39 is 0 Å². The average Bonchev–Trinajstić information content (AvgIpc) is 3.20. The molecule has 0 saturated heterocycles. The van der Waals surface area contributed by atoms with Crippen LogP contribution in [0.5, 0.6) is 0 Å². The van der Waals surface area contributed by atoms with Gasteiger partial charge in [0.25, 0.3) is 0 Å². The van der Waals surface area contributed by atoms with Crippen LogP contribution in [-0.2, 0) is 0 Å². The number of hydrogen-bond acceptors (Lipinski definition) is 2. The van der Waals surface area contributed by atoms with Crippen molar-refractivity contribution in [1.82, 2.24) is 9.97 Å². The topological polar surface area (TPSA) is 28.7 Å². The second-order valence-corrected chi connectivity index (χ2v) is 6.56. The Morgan fingerprint density at radius 2 is 2.05 bits per heavy atom. The summed E-state index contributed by atoms with van der Waals surface area (Å²) in [5.41, 5.74) is 1.91. The Morgan fingerprint density at radius 1 is 1.32 bits per heavy atom. The lowest BCUT2D eigenvalue weighted by Gasteiger charge is -2.08. The van der Waals surface area contributed by atoms with Gasteiger partial charge in [-0.2, -0.15) is 0 Å². The third kappa shape index (κ3) is 2.66. The van der Waals surface area contributed by atoms with Crippen LogP contribution in [0.2, 0.25) is 0 Å². The number of rotatable bonds is 2. The van der Waals surface area contributed by atoms with Crippen LogP contribution in [0, 0.1) is 10.5 Å². The second-order valence-electron chi connectivity index (χ2n) is 4.52. The maximum absolute atomic E-state index is 13.3. The summed E-state index contributed by atoms with van der Waals surface area (Å²) in [6.07, 6.45) is 2.33. The summed E-state index contributed by atoms with van der Waals surface area (Å²) in [5.74, 6) is 0.916. The monoisotopic (exact) mass is 402 g/mol. The van der Waals surface area contributed by atoms with Crippen LogP contribution in [0.3, 0.4) is 0 Å². The summed E-state index contributed by atoms with van der Waals surface area (Å²) in [6, 6.07) is 4.81. The Bertz CT molecular complexity index is 710. The second kappa shape index (κ2) is 5.07. The van der Waals surface area contributed by atoms with Crippen LogP contribution in [0.1, 0.15) is 24.5 Å². The minimum atomic E-state index is -0.290. The Labute approximate surface area is 131 Å². The van der Waals surface area contributed by atoms with Crippen molar-refractivity contribution < 1.29 is 4.39 Å². The zero-order valence-corrected chi connectivity index (χ0v) is 13.7. The highest BCUT2D eigenvalue weighted by molar-refractivity contribution is 9.10. The first-order chi connectivity index (χ1) is 9.06. The van der Waals surface area contributed by atoms with Gasteiger partial charge in [0.2, 0.25) is 0 Å². The summed E-state index contributed by atoms with van der Waals surface area (Å²) in [6.45, 7) is 0. The Morgan fingerprint density at radius 3 is 2.68 bits per heavy atom. The van der Waals surface area contributed by atoms with E-state index in [2.05, 4.69) is 41.8 Å². The maximum atomic E-state index is 13.3. The molecule has 1 saturated carbocycles. The first-order valence-corrected chi connectivity index (χ1v) is 7.81. The number of benzene rings is 1. The van der Waals surface area contributed by atoms with Crippen LogP contribution in [0.4, 0.5) is 4.39 Å². The fourth-order valence-corrected chi connectivity index (χ4v) is 3.00. The molecule has 98 valence electrons. The maximum Gasteiger partial charge on any atom is 0.144 e. The van der Waals surface area contributed by atoms with Gasteiger partial charge in [-0.15, -0.1) is 0 Å². The van der Waals surface area contributed by atoms with Crippen molar-refractivity contribution in [2.75, 3.05) is 0 Å². The van der Waals surface area contributed by atoms with Gasteiger partial charge in [-0.25, -0.2) is 9.37 Å². The standard InChI is InChI=1S/C13H9Br2FN2S/c14-8-5-7(3-4-9(8)16)12-17-11(6-1-2-6)10(15)13(19)18-12/h3-6H,1-2H2,(H,17,18,19). The van der Waals surface area contributed by atoms with Gasteiger partial charge in [0.1, 0.15) is 16.3 Å². The van der Waals surface area contributed by atoms with Crippen molar-refractivity contribution in [3.8, 4) is 11.4 Å². The predicted molar refractivity (Wildman–Crippen MR) is 82.2 cm³/mol. The molecule has 0 spiro atoms. The number of H-pyrrole nitrogens is 1. The summed E-state index contributed by atoms with van der Waals surface area (Å²) >= 11 is 11.9. The molecule has 0 aliphatic heterocycles. The predicted octanol–water partition coefficient (Wildman–Crippen LogP) is 5.35. The van der Waals surface area contributed by atoms with E-state index in [1.165, 1.54) is 18.9 Å². The third-order valence-electron chi connectivity index (χ3n) is 3.07.